The van der Waals surface area contributed by atoms with E-state index in [4.69, 9.17) is 9.84 Å². The first-order valence-corrected chi connectivity index (χ1v) is 8.50. The number of methoxy groups -OCH3 is 1. The summed E-state index contributed by atoms with van der Waals surface area (Å²) in [6.45, 7) is -0.291. The molecular formula is C16H23NO5S. The molecule has 6 nitrogen and oxygen atoms in total. The van der Waals surface area contributed by atoms with Gasteiger partial charge in [-0.1, -0.05) is 30.3 Å². The molecule has 0 aliphatic carbocycles. The second-order valence-electron chi connectivity index (χ2n) is 4.99. The molecule has 1 rings (SSSR count). The van der Waals surface area contributed by atoms with Gasteiger partial charge in [-0.15, -0.1) is 0 Å². The van der Waals surface area contributed by atoms with E-state index in [0.717, 1.165) is 5.56 Å². The van der Waals surface area contributed by atoms with Gasteiger partial charge in [0, 0.05) is 24.3 Å². The number of ether oxygens (including phenoxy) is 1. The third kappa shape index (κ3) is 8.01. The third-order valence-electron chi connectivity index (χ3n) is 3.10. The van der Waals surface area contributed by atoms with Gasteiger partial charge in [0.1, 0.15) is 6.04 Å². The van der Waals surface area contributed by atoms with E-state index in [2.05, 4.69) is 5.32 Å². The van der Waals surface area contributed by atoms with E-state index in [1.54, 1.807) is 0 Å². The molecule has 23 heavy (non-hydrogen) atoms. The number of nitrogens with one attached hydrogen (secondary N) is 1. The summed E-state index contributed by atoms with van der Waals surface area (Å²) in [5.41, 5.74) is 0.934. The van der Waals surface area contributed by atoms with Gasteiger partial charge in [0.2, 0.25) is 5.91 Å². The second kappa shape index (κ2) is 11.0. The number of aliphatic hydroxyl groups excluding tert-OH is 2. The highest BCUT2D eigenvalue weighted by atomic mass is 32.2. The van der Waals surface area contributed by atoms with Gasteiger partial charge in [0.15, 0.2) is 0 Å². The van der Waals surface area contributed by atoms with Crippen molar-refractivity contribution in [2.24, 2.45) is 0 Å². The minimum atomic E-state index is -0.774. The van der Waals surface area contributed by atoms with Crippen molar-refractivity contribution < 1.29 is 24.5 Å². The van der Waals surface area contributed by atoms with E-state index < -0.39 is 18.1 Å². The monoisotopic (exact) mass is 341 g/mol. The number of carbonyl (C=O) groups is 2. The van der Waals surface area contributed by atoms with Crippen LogP contribution in [0.2, 0.25) is 0 Å². The molecule has 0 radical (unpaired) electrons. The number of aliphatic hydroxyl groups is 2. The van der Waals surface area contributed by atoms with Gasteiger partial charge >= 0.3 is 5.97 Å². The fraction of sp³-hybridized carbons (Fsp3) is 0.500. The van der Waals surface area contributed by atoms with Gasteiger partial charge in [0.25, 0.3) is 0 Å². The Labute approximate surface area is 140 Å². The van der Waals surface area contributed by atoms with E-state index in [9.17, 15) is 14.7 Å². The zero-order chi connectivity index (χ0) is 17.1. The molecule has 7 heteroatoms. The smallest absolute Gasteiger partial charge is 0.328 e. The Hall–Kier alpha value is -1.57. The minimum Gasteiger partial charge on any atom is -0.467 e. The van der Waals surface area contributed by atoms with E-state index >= 15 is 0 Å². The quantitative estimate of drug-likeness (QED) is 0.420. The van der Waals surface area contributed by atoms with Gasteiger partial charge in [-0.2, -0.15) is 11.8 Å². The van der Waals surface area contributed by atoms with Crippen LogP contribution >= 0.6 is 11.8 Å². The Balaban J connectivity index is 2.44. The molecule has 1 aromatic carbocycles. The number of hydrogen-bond acceptors (Lipinski definition) is 6. The molecule has 1 amide bonds. The van der Waals surface area contributed by atoms with Crippen molar-refractivity contribution in [3.8, 4) is 0 Å². The molecule has 0 aromatic heterocycles. The Bertz CT molecular complexity index is 483. The fourth-order valence-corrected chi connectivity index (χ4v) is 2.76. The number of hydrogen-bond donors (Lipinski definition) is 3. The number of rotatable bonds is 10. The Kier molecular flexibility index (Phi) is 9.35. The van der Waals surface area contributed by atoms with Gasteiger partial charge in [-0.25, -0.2) is 4.79 Å². The molecule has 0 heterocycles. The highest BCUT2D eigenvalue weighted by Gasteiger charge is 2.21. The molecule has 0 saturated carbocycles. The first kappa shape index (κ1) is 19.5. The lowest BCUT2D eigenvalue weighted by Gasteiger charge is -2.16. The van der Waals surface area contributed by atoms with Gasteiger partial charge in [-0.3, -0.25) is 4.79 Å². The summed E-state index contributed by atoms with van der Waals surface area (Å²) < 4.78 is 4.74. The third-order valence-corrected chi connectivity index (χ3v) is 4.21. The van der Waals surface area contributed by atoms with Crippen molar-refractivity contribution in [3.05, 3.63) is 35.9 Å². The van der Waals surface area contributed by atoms with E-state index in [1.165, 1.54) is 18.9 Å². The average Bonchev–Trinajstić information content (AvgIpc) is 2.58. The summed E-state index contributed by atoms with van der Waals surface area (Å²) in [5.74, 6) is 0.143. The van der Waals surface area contributed by atoms with E-state index in [1.807, 2.05) is 30.3 Å². The molecule has 0 fully saturated rings. The first-order valence-electron chi connectivity index (χ1n) is 7.34. The highest BCUT2D eigenvalue weighted by Crippen LogP contribution is 2.07. The number of esters is 1. The Morgan fingerprint density at radius 3 is 2.61 bits per heavy atom. The Morgan fingerprint density at radius 2 is 2.00 bits per heavy atom. The van der Waals surface area contributed by atoms with Crippen LogP contribution in [-0.2, 0) is 20.7 Å². The summed E-state index contributed by atoms with van der Waals surface area (Å²) in [4.78, 5) is 23.7. The summed E-state index contributed by atoms with van der Waals surface area (Å²) in [6, 6.07) is 8.67. The van der Waals surface area contributed by atoms with Crippen LogP contribution in [0.15, 0.2) is 30.3 Å². The van der Waals surface area contributed by atoms with Crippen LogP contribution in [-0.4, -0.2) is 59.5 Å². The second-order valence-corrected chi connectivity index (χ2v) is 6.14. The van der Waals surface area contributed by atoms with E-state index in [-0.39, 0.29) is 18.9 Å². The normalized spacial score (nSPS) is 13.2. The molecule has 128 valence electrons. The van der Waals surface area contributed by atoms with Gasteiger partial charge in [0.05, 0.1) is 19.8 Å². The molecule has 1 unspecified atom stereocenters. The van der Waals surface area contributed by atoms with Crippen LogP contribution in [0.3, 0.4) is 0 Å². The SMILES string of the molecule is COC(=O)[C@H](Cc1ccccc1)NC(=O)CCSCC(O)CO. The molecule has 0 aliphatic rings. The fourth-order valence-electron chi connectivity index (χ4n) is 1.89. The van der Waals surface area contributed by atoms with Crippen molar-refractivity contribution >= 4 is 23.6 Å². The topological polar surface area (TPSA) is 95.9 Å². The molecule has 0 aliphatic heterocycles. The highest BCUT2D eigenvalue weighted by molar-refractivity contribution is 7.99. The molecule has 1 aromatic rings. The molecule has 0 saturated heterocycles. The Morgan fingerprint density at radius 1 is 1.30 bits per heavy atom. The molecule has 2 atom stereocenters. The summed E-state index contributed by atoms with van der Waals surface area (Å²) >= 11 is 1.37. The predicted molar refractivity (Wildman–Crippen MR) is 89.1 cm³/mol. The van der Waals surface area contributed by atoms with Crippen LogP contribution < -0.4 is 5.32 Å². The number of carbonyl (C=O) groups excluding carboxylic acids is 2. The lowest BCUT2D eigenvalue weighted by Crippen LogP contribution is -2.43. The van der Waals surface area contributed by atoms with Crippen molar-refractivity contribution in [1.29, 1.82) is 0 Å². The largest absolute Gasteiger partial charge is 0.467 e. The van der Waals surface area contributed by atoms with Crippen LogP contribution in [0.1, 0.15) is 12.0 Å². The number of benzene rings is 1. The summed E-state index contributed by atoms with van der Waals surface area (Å²) in [7, 11) is 1.29. The van der Waals surface area contributed by atoms with Crippen molar-refractivity contribution in [2.75, 3.05) is 25.2 Å². The van der Waals surface area contributed by atoms with Crippen LogP contribution in [0, 0.1) is 0 Å². The zero-order valence-electron chi connectivity index (χ0n) is 13.1. The first-order chi connectivity index (χ1) is 11.1. The molecule has 0 spiro atoms. The predicted octanol–water partition coefficient (Wildman–Crippen LogP) is 0.363. The lowest BCUT2D eigenvalue weighted by atomic mass is 10.1. The molecule has 3 N–H and O–H groups in total. The minimum absolute atomic E-state index is 0.227. The standard InChI is InChI=1S/C16H23NO5S/c1-22-16(21)14(9-12-5-3-2-4-6-12)17-15(20)7-8-23-11-13(19)10-18/h2-6,13-14,18-19H,7-11H2,1H3,(H,17,20)/t13?,14-/m0/s1. The van der Waals surface area contributed by atoms with Crippen molar-refractivity contribution in [1.82, 2.24) is 5.32 Å². The number of thioether (sulfide) groups is 1. The van der Waals surface area contributed by atoms with Crippen LogP contribution in [0.25, 0.3) is 0 Å². The van der Waals surface area contributed by atoms with Crippen molar-refractivity contribution in [3.63, 3.8) is 0 Å². The van der Waals surface area contributed by atoms with Gasteiger partial charge < -0.3 is 20.3 Å². The summed E-state index contributed by atoms with van der Waals surface area (Å²) in [6.07, 6.45) is -0.176. The van der Waals surface area contributed by atoms with E-state index in [0.29, 0.717) is 17.9 Å². The number of amides is 1. The maximum absolute atomic E-state index is 11.9. The van der Waals surface area contributed by atoms with Crippen LogP contribution in [0.4, 0.5) is 0 Å². The maximum atomic E-state index is 11.9. The lowest BCUT2D eigenvalue weighted by molar-refractivity contribution is -0.145. The average molecular weight is 341 g/mol. The summed E-state index contributed by atoms with van der Waals surface area (Å²) in [5, 5.41) is 20.6. The molecule has 0 bridgehead atoms. The van der Waals surface area contributed by atoms with Crippen molar-refractivity contribution in [2.45, 2.75) is 25.0 Å². The zero-order valence-corrected chi connectivity index (χ0v) is 13.9. The van der Waals surface area contributed by atoms with Crippen LogP contribution in [0.5, 0.6) is 0 Å². The maximum Gasteiger partial charge on any atom is 0.328 e. The van der Waals surface area contributed by atoms with Gasteiger partial charge in [-0.05, 0) is 5.56 Å². The molecular weight excluding hydrogens is 318 g/mol.